The molecule has 2 aromatic heterocycles. The molecule has 0 spiro atoms. The molecule has 1 aliphatic carbocycles. The number of aliphatic hydroxyl groups excluding tert-OH is 1. The van der Waals surface area contributed by atoms with Gasteiger partial charge in [-0.05, 0) is 62.1 Å². The number of rotatable bonds is 13. The summed E-state index contributed by atoms with van der Waals surface area (Å²) >= 11 is 0. The predicted molar refractivity (Wildman–Crippen MR) is 180 cm³/mol. The zero-order valence-corrected chi connectivity index (χ0v) is 27.9. The number of halogens is 1. The summed E-state index contributed by atoms with van der Waals surface area (Å²) < 4.78 is 22.5. The summed E-state index contributed by atoms with van der Waals surface area (Å²) in [5, 5.41) is 29.1. The maximum absolute atomic E-state index is 14.4. The Morgan fingerprint density at radius 2 is 1.77 bits per heavy atom. The smallest absolute Gasteiger partial charge is 0.307 e. The van der Waals surface area contributed by atoms with E-state index in [1.807, 2.05) is 35.7 Å². The van der Waals surface area contributed by atoms with Gasteiger partial charge in [0, 0.05) is 30.1 Å². The number of fused-ring (bicyclic) bond motifs is 1. The van der Waals surface area contributed by atoms with E-state index in [1.54, 1.807) is 9.47 Å². The lowest BCUT2D eigenvalue weighted by atomic mass is 9.92. The highest BCUT2D eigenvalue weighted by atomic mass is 19.1. The standard InChI is InChI=1S/C36H45FN6O5/c1-4-8-31-30(33(44)42(34-38-23-39-43(31)34)26-15-17-27(18-16-26)47-22-36(3,46)21-37)20-24-11-13-25(14-12-24)28-9-6-7-10-29(28)32-40-48-35(45)41(32)19-5-2/h6-7,9-14,23,26-27,35,45-46H,4-5,8,15-22H2,1-3H3. The van der Waals surface area contributed by atoms with Gasteiger partial charge in [0.05, 0.1) is 18.4 Å². The van der Waals surface area contributed by atoms with Crippen molar-refractivity contribution in [1.29, 1.82) is 0 Å². The molecule has 12 heteroatoms. The van der Waals surface area contributed by atoms with Crippen LogP contribution in [0.1, 0.15) is 87.7 Å². The molecular weight excluding hydrogens is 615 g/mol. The Morgan fingerprint density at radius 1 is 1.04 bits per heavy atom. The fraction of sp³-hybridized carbons (Fsp3) is 0.500. The van der Waals surface area contributed by atoms with Crippen molar-refractivity contribution in [2.24, 2.45) is 5.16 Å². The maximum Gasteiger partial charge on any atom is 0.307 e. The van der Waals surface area contributed by atoms with Crippen molar-refractivity contribution in [3.05, 3.63) is 87.6 Å². The summed E-state index contributed by atoms with van der Waals surface area (Å²) in [6.07, 6.45) is 5.92. The molecule has 3 heterocycles. The Bertz CT molecular complexity index is 1790. The highest BCUT2D eigenvalue weighted by molar-refractivity contribution is 6.04. The number of alkyl halides is 1. The Labute approximate surface area is 279 Å². The number of ether oxygens (including phenoxy) is 1. The van der Waals surface area contributed by atoms with Gasteiger partial charge in [0.1, 0.15) is 18.6 Å². The van der Waals surface area contributed by atoms with E-state index in [-0.39, 0.29) is 24.3 Å². The average molecular weight is 661 g/mol. The van der Waals surface area contributed by atoms with E-state index in [2.05, 4.69) is 46.4 Å². The molecule has 4 aromatic rings. The van der Waals surface area contributed by atoms with Gasteiger partial charge in [-0.3, -0.25) is 14.3 Å². The molecule has 1 aliphatic heterocycles. The van der Waals surface area contributed by atoms with Crippen LogP contribution < -0.4 is 5.56 Å². The molecule has 2 aromatic carbocycles. The summed E-state index contributed by atoms with van der Waals surface area (Å²) in [7, 11) is 0. The van der Waals surface area contributed by atoms with Gasteiger partial charge in [-0.15, -0.1) is 0 Å². The second-order valence-electron chi connectivity index (χ2n) is 13.2. The number of nitrogens with zero attached hydrogens (tertiary/aromatic N) is 6. The second-order valence-corrected chi connectivity index (χ2v) is 13.2. The summed E-state index contributed by atoms with van der Waals surface area (Å²) in [6.45, 7) is 5.25. The van der Waals surface area contributed by atoms with E-state index in [0.717, 1.165) is 40.8 Å². The van der Waals surface area contributed by atoms with Crippen LogP contribution >= 0.6 is 0 Å². The molecule has 2 N–H and O–H groups in total. The van der Waals surface area contributed by atoms with E-state index in [1.165, 1.54) is 13.3 Å². The molecule has 2 unspecified atom stereocenters. The second kappa shape index (κ2) is 14.6. The summed E-state index contributed by atoms with van der Waals surface area (Å²) in [4.78, 5) is 25.9. The highest BCUT2D eigenvalue weighted by Gasteiger charge is 2.31. The first kappa shape index (κ1) is 33.8. The highest BCUT2D eigenvalue weighted by Crippen LogP contribution is 2.32. The van der Waals surface area contributed by atoms with E-state index in [9.17, 15) is 19.4 Å². The number of amidine groups is 1. The largest absolute Gasteiger partial charge is 0.385 e. The van der Waals surface area contributed by atoms with E-state index in [4.69, 9.17) is 9.57 Å². The van der Waals surface area contributed by atoms with Crippen molar-refractivity contribution >= 4 is 11.6 Å². The predicted octanol–water partition coefficient (Wildman–Crippen LogP) is 5.00. The van der Waals surface area contributed by atoms with Gasteiger partial charge in [0.25, 0.3) is 5.56 Å². The minimum atomic E-state index is -1.49. The first-order chi connectivity index (χ1) is 23.2. The van der Waals surface area contributed by atoms with Crippen LogP contribution in [0, 0.1) is 0 Å². The van der Waals surface area contributed by atoms with Gasteiger partial charge in [0.2, 0.25) is 5.78 Å². The van der Waals surface area contributed by atoms with Crippen LogP contribution in [0.3, 0.4) is 0 Å². The van der Waals surface area contributed by atoms with Crippen molar-refractivity contribution in [2.45, 2.75) is 96.3 Å². The van der Waals surface area contributed by atoms with Crippen LogP contribution in [0.4, 0.5) is 4.39 Å². The number of aryl methyl sites for hydroxylation is 1. The molecule has 48 heavy (non-hydrogen) atoms. The number of aromatic nitrogens is 4. The molecule has 0 radical (unpaired) electrons. The van der Waals surface area contributed by atoms with Crippen molar-refractivity contribution in [3.63, 3.8) is 0 Å². The maximum atomic E-state index is 14.4. The van der Waals surface area contributed by atoms with Crippen LogP contribution in [-0.4, -0.2) is 78.1 Å². The summed E-state index contributed by atoms with van der Waals surface area (Å²) in [5.41, 5.74) is 3.86. The topological polar surface area (TPSA) is 127 Å². The molecule has 0 bridgehead atoms. The van der Waals surface area contributed by atoms with E-state index >= 15 is 0 Å². The van der Waals surface area contributed by atoms with Crippen molar-refractivity contribution in [2.75, 3.05) is 19.8 Å². The summed E-state index contributed by atoms with van der Waals surface area (Å²) in [5.74, 6) is 1.15. The lowest BCUT2D eigenvalue weighted by molar-refractivity contribution is -0.145. The molecule has 0 amide bonds. The van der Waals surface area contributed by atoms with Gasteiger partial charge in [-0.1, -0.05) is 74.0 Å². The van der Waals surface area contributed by atoms with Crippen LogP contribution in [0.15, 0.2) is 64.8 Å². The first-order valence-corrected chi connectivity index (χ1v) is 17.0. The normalized spacial score (nSPS) is 20.9. The third-order valence-corrected chi connectivity index (χ3v) is 9.29. The molecule has 2 aliphatic rings. The Morgan fingerprint density at radius 3 is 2.46 bits per heavy atom. The number of oxime groups is 1. The number of hydrogen-bond acceptors (Lipinski definition) is 9. The van der Waals surface area contributed by atoms with Crippen molar-refractivity contribution in [1.82, 2.24) is 24.1 Å². The Kier molecular flexibility index (Phi) is 10.2. The first-order valence-electron chi connectivity index (χ1n) is 17.0. The van der Waals surface area contributed by atoms with E-state index < -0.39 is 18.7 Å². The van der Waals surface area contributed by atoms with Crippen molar-refractivity contribution in [3.8, 4) is 11.1 Å². The molecule has 2 atom stereocenters. The molecule has 0 saturated heterocycles. The third kappa shape index (κ3) is 6.87. The lowest BCUT2D eigenvalue weighted by Gasteiger charge is -2.32. The zero-order chi connectivity index (χ0) is 33.8. The van der Waals surface area contributed by atoms with E-state index in [0.29, 0.717) is 62.2 Å². The molecule has 6 rings (SSSR count). The van der Waals surface area contributed by atoms with Crippen LogP contribution in [0.2, 0.25) is 0 Å². The third-order valence-electron chi connectivity index (χ3n) is 9.29. The van der Waals surface area contributed by atoms with Gasteiger partial charge in [-0.2, -0.15) is 10.1 Å². The van der Waals surface area contributed by atoms with Gasteiger partial charge in [0.15, 0.2) is 5.84 Å². The fourth-order valence-electron chi connectivity index (χ4n) is 6.79. The molecule has 1 saturated carbocycles. The molecule has 1 fully saturated rings. The van der Waals surface area contributed by atoms with Gasteiger partial charge < -0.3 is 19.8 Å². The SMILES string of the molecule is CCCc1c(Cc2ccc(-c3ccccc3C3=NOC(O)N3CCC)cc2)c(=O)n(C2CCC(OCC(C)(O)CF)CC2)c2ncnn12. The zero-order valence-electron chi connectivity index (χ0n) is 27.9. The van der Waals surface area contributed by atoms with Crippen LogP contribution in [0.25, 0.3) is 16.9 Å². The Hall–Kier alpha value is -4.13. The minimum Gasteiger partial charge on any atom is -0.385 e. The lowest BCUT2D eigenvalue weighted by Crippen LogP contribution is -2.38. The molecular formula is C36H45FN6O5. The minimum absolute atomic E-state index is 0.0491. The Balaban J connectivity index is 1.27. The van der Waals surface area contributed by atoms with Crippen molar-refractivity contribution < 1.29 is 24.2 Å². The van der Waals surface area contributed by atoms with Crippen LogP contribution in [-0.2, 0) is 22.4 Å². The summed E-state index contributed by atoms with van der Waals surface area (Å²) in [6, 6.07) is 16.1. The monoisotopic (exact) mass is 660 g/mol. The molecule has 11 nitrogen and oxygen atoms in total. The number of aliphatic hydroxyl groups is 2. The average Bonchev–Trinajstić information content (AvgIpc) is 3.73. The molecule has 256 valence electrons. The van der Waals surface area contributed by atoms with Crippen LogP contribution in [0.5, 0.6) is 0 Å². The van der Waals surface area contributed by atoms with Gasteiger partial charge in [-0.25, -0.2) is 8.91 Å². The number of hydrogen-bond donors (Lipinski definition) is 2. The fourth-order valence-corrected chi connectivity index (χ4v) is 6.79. The quantitative estimate of drug-likeness (QED) is 0.205. The number of benzene rings is 2. The van der Waals surface area contributed by atoms with Gasteiger partial charge >= 0.3 is 6.41 Å².